The maximum atomic E-state index is 12.4. The number of aldehydes is 1. The van der Waals surface area contributed by atoms with Gasteiger partial charge in [-0.1, -0.05) is 12.1 Å². The van der Waals surface area contributed by atoms with Crippen molar-refractivity contribution < 1.29 is 9.59 Å². The van der Waals surface area contributed by atoms with Gasteiger partial charge in [0.1, 0.15) is 12.1 Å². The lowest BCUT2D eigenvalue weighted by molar-refractivity contribution is -0.115. The third kappa shape index (κ3) is 8.64. The van der Waals surface area contributed by atoms with Crippen LogP contribution in [0.3, 0.4) is 0 Å². The lowest BCUT2D eigenvalue weighted by Gasteiger charge is -2.15. The largest absolute Gasteiger partial charge is 0.363 e. The Kier molecular flexibility index (Phi) is 10.5. The lowest BCUT2D eigenvalue weighted by atomic mass is 10.2. The molecule has 0 saturated carbocycles. The molecule has 24 heavy (non-hydrogen) atoms. The molecule has 0 aliphatic carbocycles. The first-order valence-corrected chi connectivity index (χ1v) is 9.08. The fraction of sp³-hybridized carbons (Fsp3) is 0.375. The van der Waals surface area contributed by atoms with E-state index in [0.717, 1.165) is 6.54 Å². The number of thiocarbonyl (C=S) groups is 1. The predicted molar refractivity (Wildman–Crippen MR) is 103 cm³/mol. The van der Waals surface area contributed by atoms with Crippen molar-refractivity contribution >= 4 is 47.1 Å². The molecule has 3 N–H and O–H groups in total. The van der Waals surface area contributed by atoms with E-state index in [4.69, 9.17) is 12.2 Å². The second kappa shape index (κ2) is 12.5. The van der Waals surface area contributed by atoms with Gasteiger partial charge >= 0.3 is 0 Å². The highest BCUT2D eigenvalue weighted by Gasteiger charge is 2.18. The molecule has 0 fully saturated rings. The van der Waals surface area contributed by atoms with Crippen LogP contribution in [-0.2, 0) is 9.59 Å². The normalized spacial score (nSPS) is 11.7. The molecule has 1 rings (SSSR count). The molecule has 0 radical (unpaired) electrons. The highest BCUT2D eigenvalue weighted by atomic mass is 32.2. The maximum absolute atomic E-state index is 12.4. The smallest absolute Gasteiger partial charge is 0.238 e. The van der Waals surface area contributed by atoms with E-state index < -0.39 is 0 Å². The predicted octanol–water partition coefficient (Wildman–Crippen LogP) is 1.75. The fourth-order valence-electron chi connectivity index (χ4n) is 1.74. The van der Waals surface area contributed by atoms with Crippen LogP contribution in [0.25, 0.3) is 0 Å². The molecule has 6 nitrogen and oxygen atoms in total. The van der Waals surface area contributed by atoms with E-state index in [2.05, 4.69) is 20.9 Å². The minimum Gasteiger partial charge on any atom is -0.363 e. The number of nitrogens with one attached hydrogen (secondary N) is 3. The minimum absolute atomic E-state index is 0.136. The Bertz CT molecular complexity index is 552. The monoisotopic (exact) mass is 366 g/mol. The van der Waals surface area contributed by atoms with Crippen LogP contribution in [0.4, 0.5) is 5.82 Å². The topological polar surface area (TPSA) is 83.1 Å². The number of pyridine rings is 1. The van der Waals surface area contributed by atoms with Gasteiger partial charge in [0, 0.05) is 25.0 Å². The molecule has 1 aromatic heterocycles. The van der Waals surface area contributed by atoms with Crippen LogP contribution in [0, 0.1) is 0 Å². The SMILES string of the molecule is CCNC(=S)NCCSC(C/C=C\C=O)C(=O)Nc1ccccn1. The van der Waals surface area contributed by atoms with E-state index >= 15 is 0 Å². The van der Waals surface area contributed by atoms with E-state index in [1.165, 1.54) is 17.8 Å². The second-order valence-corrected chi connectivity index (χ2v) is 6.37. The number of hydrogen-bond donors (Lipinski definition) is 3. The Morgan fingerprint density at radius 3 is 2.92 bits per heavy atom. The summed E-state index contributed by atoms with van der Waals surface area (Å²) in [5.41, 5.74) is 0. The van der Waals surface area contributed by atoms with Gasteiger partial charge in [0.2, 0.25) is 5.91 Å². The Labute approximate surface area is 151 Å². The molecule has 1 atom stereocenters. The number of thioether (sulfide) groups is 1. The van der Waals surface area contributed by atoms with Crippen LogP contribution < -0.4 is 16.0 Å². The average Bonchev–Trinajstić information content (AvgIpc) is 2.58. The molecule has 1 amide bonds. The van der Waals surface area contributed by atoms with Crippen molar-refractivity contribution in [3.63, 3.8) is 0 Å². The number of amides is 1. The Balaban J connectivity index is 2.49. The van der Waals surface area contributed by atoms with Gasteiger partial charge in [0.05, 0.1) is 5.25 Å². The summed E-state index contributed by atoms with van der Waals surface area (Å²) >= 11 is 6.59. The van der Waals surface area contributed by atoms with E-state index in [1.807, 2.05) is 13.0 Å². The summed E-state index contributed by atoms with van der Waals surface area (Å²) in [6, 6.07) is 5.33. The number of allylic oxidation sites excluding steroid dienone is 2. The molecule has 0 aromatic carbocycles. The van der Waals surface area contributed by atoms with Gasteiger partial charge < -0.3 is 16.0 Å². The molecular weight excluding hydrogens is 344 g/mol. The first-order chi connectivity index (χ1) is 11.7. The van der Waals surface area contributed by atoms with Crippen LogP contribution in [0.5, 0.6) is 0 Å². The van der Waals surface area contributed by atoms with Crippen molar-refractivity contribution in [2.24, 2.45) is 0 Å². The molecule has 8 heteroatoms. The quantitative estimate of drug-likeness (QED) is 0.252. The van der Waals surface area contributed by atoms with Gasteiger partial charge in [-0.15, -0.1) is 11.8 Å². The molecule has 0 bridgehead atoms. The molecule has 0 spiro atoms. The zero-order valence-electron chi connectivity index (χ0n) is 13.5. The molecular formula is C16H22N4O2S2. The third-order valence-electron chi connectivity index (χ3n) is 2.82. The van der Waals surface area contributed by atoms with Gasteiger partial charge in [0.25, 0.3) is 0 Å². The van der Waals surface area contributed by atoms with E-state index in [-0.39, 0.29) is 11.2 Å². The van der Waals surface area contributed by atoms with Gasteiger partial charge in [-0.3, -0.25) is 9.59 Å². The number of carbonyl (C=O) groups is 2. The highest BCUT2D eigenvalue weighted by molar-refractivity contribution is 8.00. The first kappa shape index (κ1) is 20.1. The Morgan fingerprint density at radius 2 is 2.25 bits per heavy atom. The number of hydrogen-bond acceptors (Lipinski definition) is 5. The summed E-state index contributed by atoms with van der Waals surface area (Å²) < 4.78 is 0. The molecule has 0 aliphatic heterocycles. The lowest BCUT2D eigenvalue weighted by Crippen LogP contribution is -2.36. The van der Waals surface area contributed by atoms with Crippen molar-refractivity contribution in [3.05, 3.63) is 36.5 Å². The molecule has 0 saturated heterocycles. The van der Waals surface area contributed by atoms with Crippen molar-refractivity contribution in [3.8, 4) is 0 Å². The molecule has 0 aliphatic rings. The van der Waals surface area contributed by atoms with E-state index in [9.17, 15) is 9.59 Å². The van der Waals surface area contributed by atoms with Gasteiger partial charge in [-0.25, -0.2) is 4.98 Å². The van der Waals surface area contributed by atoms with Crippen LogP contribution in [0.2, 0.25) is 0 Å². The van der Waals surface area contributed by atoms with Gasteiger partial charge in [-0.2, -0.15) is 0 Å². The summed E-state index contributed by atoms with van der Waals surface area (Å²) in [7, 11) is 0. The van der Waals surface area contributed by atoms with Crippen LogP contribution in [0.15, 0.2) is 36.5 Å². The molecule has 1 unspecified atom stereocenters. The molecule has 130 valence electrons. The van der Waals surface area contributed by atoms with Crippen LogP contribution >= 0.6 is 24.0 Å². The number of aromatic nitrogens is 1. The summed E-state index contributed by atoms with van der Waals surface area (Å²) in [6.45, 7) is 3.39. The Hall–Kier alpha value is -1.93. The highest BCUT2D eigenvalue weighted by Crippen LogP contribution is 2.17. The van der Waals surface area contributed by atoms with Crippen molar-refractivity contribution in [1.29, 1.82) is 0 Å². The fourth-order valence-corrected chi connectivity index (χ4v) is 2.95. The van der Waals surface area contributed by atoms with E-state index in [0.29, 0.717) is 35.9 Å². The number of rotatable bonds is 10. The maximum Gasteiger partial charge on any atom is 0.238 e. The average molecular weight is 367 g/mol. The van der Waals surface area contributed by atoms with Gasteiger partial charge in [0.15, 0.2) is 5.11 Å². The van der Waals surface area contributed by atoms with Crippen molar-refractivity contribution in [2.45, 2.75) is 18.6 Å². The minimum atomic E-state index is -0.308. The second-order valence-electron chi connectivity index (χ2n) is 4.65. The molecule has 1 aromatic rings. The zero-order chi connectivity index (χ0) is 17.6. The summed E-state index contributed by atoms with van der Waals surface area (Å²) in [5.74, 6) is 1.09. The summed E-state index contributed by atoms with van der Waals surface area (Å²) in [5, 5.41) is 9.17. The Morgan fingerprint density at radius 1 is 1.42 bits per heavy atom. The summed E-state index contributed by atoms with van der Waals surface area (Å²) in [6.07, 6.45) is 5.89. The number of nitrogens with zero attached hydrogens (tertiary/aromatic N) is 1. The van der Waals surface area contributed by atoms with E-state index in [1.54, 1.807) is 24.4 Å². The zero-order valence-corrected chi connectivity index (χ0v) is 15.2. The first-order valence-electron chi connectivity index (χ1n) is 7.62. The summed E-state index contributed by atoms with van der Waals surface area (Å²) in [4.78, 5) is 26.9. The number of carbonyl (C=O) groups excluding carboxylic acids is 2. The number of anilines is 1. The van der Waals surface area contributed by atoms with Gasteiger partial charge in [-0.05, 0) is 43.8 Å². The third-order valence-corrected chi connectivity index (χ3v) is 4.35. The van der Waals surface area contributed by atoms with Crippen molar-refractivity contribution in [2.75, 3.05) is 24.2 Å². The standard InChI is InChI=1S/C16H22N4O2S2/c1-2-17-16(23)19-10-12-24-13(7-4-6-11-21)15(22)20-14-8-3-5-9-18-14/h3-6,8-9,11,13H,2,7,10,12H2,1H3,(H2,17,19,23)(H,18,20,22)/b6-4-. The molecule has 1 heterocycles. The van der Waals surface area contributed by atoms with Crippen LogP contribution in [0.1, 0.15) is 13.3 Å². The van der Waals surface area contributed by atoms with Crippen LogP contribution in [-0.4, -0.2) is 46.4 Å². The van der Waals surface area contributed by atoms with Crippen molar-refractivity contribution in [1.82, 2.24) is 15.6 Å².